The maximum atomic E-state index is 5.34. The summed E-state index contributed by atoms with van der Waals surface area (Å²) in [5, 5.41) is 0. The number of hydrogen-bond acceptors (Lipinski definition) is 1. The normalized spacial score (nSPS) is 9.00. The van der Waals surface area contributed by atoms with Crippen molar-refractivity contribution in [2.24, 2.45) is 12.8 Å². The van der Waals surface area contributed by atoms with Crippen LogP contribution in [0.3, 0.4) is 0 Å². The molecule has 1 aromatic heterocycles. The van der Waals surface area contributed by atoms with Gasteiger partial charge >= 0.3 is 0 Å². The van der Waals surface area contributed by atoms with E-state index in [2.05, 4.69) is 4.57 Å². The van der Waals surface area contributed by atoms with Gasteiger partial charge in [0.05, 0.1) is 7.05 Å². The number of nitrogens with zero attached hydrogens (tertiary/aromatic N) is 2. The van der Waals surface area contributed by atoms with E-state index in [0.717, 1.165) is 6.54 Å². The lowest BCUT2D eigenvalue weighted by Gasteiger charge is -1.87. The van der Waals surface area contributed by atoms with E-state index in [0.29, 0.717) is 6.54 Å². The molecular formula is C6H12ClN3. The topological polar surface area (TPSA) is 34.8 Å². The Labute approximate surface area is 66.9 Å². The quantitative estimate of drug-likeness (QED) is 0.445. The van der Waals surface area contributed by atoms with Gasteiger partial charge in [-0.2, -0.15) is 0 Å². The maximum Gasteiger partial charge on any atom is 0.243 e. The highest BCUT2D eigenvalue weighted by atomic mass is 35.5. The molecule has 0 spiro atoms. The highest BCUT2D eigenvalue weighted by molar-refractivity contribution is 4.65. The fraction of sp³-hybridized carbons (Fsp3) is 0.500. The first-order chi connectivity index (χ1) is 4.33. The highest BCUT2D eigenvalue weighted by Crippen LogP contribution is 1.79. The van der Waals surface area contributed by atoms with Gasteiger partial charge in [0.1, 0.15) is 18.9 Å². The fourth-order valence-electron chi connectivity index (χ4n) is 0.783. The van der Waals surface area contributed by atoms with Gasteiger partial charge in [0, 0.05) is 6.54 Å². The van der Waals surface area contributed by atoms with Gasteiger partial charge in [-0.15, -0.1) is 0 Å². The molecule has 0 aliphatic rings. The van der Waals surface area contributed by atoms with Gasteiger partial charge in [0.2, 0.25) is 6.33 Å². The molecule has 0 saturated heterocycles. The number of halogens is 1. The minimum absolute atomic E-state index is 0. The molecule has 0 atom stereocenters. The number of hydrogen-bond donors (Lipinski definition) is 1. The van der Waals surface area contributed by atoms with Crippen molar-refractivity contribution < 1.29 is 17.0 Å². The molecule has 0 saturated carbocycles. The molecule has 1 aromatic rings. The number of imidazole rings is 1. The molecule has 2 N–H and O–H groups in total. The summed E-state index contributed by atoms with van der Waals surface area (Å²) >= 11 is 0. The third-order valence-corrected chi connectivity index (χ3v) is 1.21. The molecule has 1 rings (SSSR count). The Hall–Kier alpha value is -0.540. The van der Waals surface area contributed by atoms with Crippen molar-refractivity contribution in [3.05, 3.63) is 18.7 Å². The summed E-state index contributed by atoms with van der Waals surface area (Å²) in [5.41, 5.74) is 5.34. The summed E-state index contributed by atoms with van der Waals surface area (Å²) in [6, 6.07) is 0. The first kappa shape index (κ1) is 9.46. The first-order valence-electron chi connectivity index (χ1n) is 3.04. The number of rotatable bonds is 2. The van der Waals surface area contributed by atoms with Crippen LogP contribution in [0.2, 0.25) is 0 Å². The SMILES string of the molecule is C[n+]1ccn(CCN)c1.[Cl-]. The van der Waals surface area contributed by atoms with Crippen LogP contribution in [-0.4, -0.2) is 11.1 Å². The molecule has 0 bridgehead atoms. The van der Waals surface area contributed by atoms with Crippen LogP contribution < -0.4 is 22.7 Å². The molecule has 0 radical (unpaired) electrons. The fourth-order valence-corrected chi connectivity index (χ4v) is 0.783. The molecule has 1 heterocycles. The molecule has 0 amide bonds. The number of aromatic nitrogens is 2. The van der Waals surface area contributed by atoms with Crippen molar-refractivity contribution in [1.29, 1.82) is 0 Å². The van der Waals surface area contributed by atoms with E-state index in [-0.39, 0.29) is 12.4 Å². The van der Waals surface area contributed by atoms with Gasteiger partial charge in [-0.25, -0.2) is 9.13 Å². The van der Waals surface area contributed by atoms with E-state index >= 15 is 0 Å². The van der Waals surface area contributed by atoms with Crippen LogP contribution in [0.15, 0.2) is 18.7 Å². The molecule has 10 heavy (non-hydrogen) atoms. The molecule has 0 unspecified atom stereocenters. The number of nitrogens with two attached hydrogens (primary N) is 1. The Morgan fingerprint density at radius 1 is 1.60 bits per heavy atom. The Kier molecular flexibility index (Phi) is 4.07. The molecule has 0 aliphatic carbocycles. The van der Waals surface area contributed by atoms with Crippen LogP contribution >= 0.6 is 0 Å². The van der Waals surface area contributed by atoms with Crippen molar-refractivity contribution in [1.82, 2.24) is 4.57 Å². The van der Waals surface area contributed by atoms with Gasteiger partial charge in [-0.1, -0.05) is 0 Å². The molecule has 0 fully saturated rings. The van der Waals surface area contributed by atoms with Gasteiger partial charge < -0.3 is 18.1 Å². The molecular weight excluding hydrogens is 150 g/mol. The molecule has 58 valence electrons. The minimum Gasteiger partial charge on any atom is -1.00 e. The summed E-state index contributed by atoms with van der Waals surface area (Å²) in [6.45, 7) is 1.61. The average Bonchev–Trinajstić information content (AvgIpc) is 2.17. The largest absolute Gasteiger partial charge is 1.00 e. The lowest BCUT2D eigenvalue weighted by Crippen LogP contribution is -3.00. The predicted molar refractivity (Wildman–Crippen MR) is 34.7 cm³/mol. The Bertz CT molecular complexity index is 185. The third kappa shape index (κ3) is 2.37. The molecule has 0 aromatic carbocycles. The van der Waals surface area contributed by atoms with Crippen molar-refractivity contribution in [3.8, 4) is 0 Å². The van der Waals surface area contributed by atoms with Crippen molar-refractivity contribution in [3.63, 3.8) is 0 Å². The monoisotopic (exact) mass is 161 g/mol. The smallest absolute Gasteiger partial charge is 0.243 e. The standard InChI is InChI=1S/C6H12N3.ClH/c1-8-4-5-9(6-8)3-2-7;/h4-6H,2-3,7H2,1H3;1H/q+1;/p-1. The summed E-state index contributed by atoms with van der Waals surface area (Å²) in [6.07, 6.45) is 6.01. The van der Waals surface area contributed by atoms with E-state index in [1.54, 1.807) is 0 Å². The van der Waals surface area contributed by atoms with E-state index in [1.165, 1.54) is 0 Å². The van der Waals surface area contributed by atoms with Crippen molar-refractivity contribution in [2.75, 3.05) is 6.54 Å². The van der Waals surface area contributed by atoms with Crippen molar-refractivity contribution >= 4 is 0 Å². The second-order valence-corrected chi connectivity index (χ2v) is 2.11. The van der Waals surface area contributed by atoms with E-state index in [4.69, 9.17) is 5.73 Å². The van der Waals surface area contributed by atoms with Crippen molar-refractivity contribution in [2.45, 2.75) is 6.54 Å². The summed E-state index contributed by atoms with van der Waals surface area (Å²) < 4.78 is 4.05. The summed E-state index contributed by atoms with van der Waals surface area (Å²) in [7, 11) is 1.99. The van der Waals surface area contributed by atoms with Gasteiger partial charge in [-0.3, -0.25) is 0 Å². The third-order valence-electron chi connectivity index (χ3n) is 1.21. The summed E-state index contributed by atoms with van der Waals surface area (Å²) in [5.74, 6) is 0. The summed E-state index contributed by atoms with van der Waals surface area (Å²) in [4.78, 5) is 0. The van der Waals surface area contributed by atoms with E-state index < -0.39 is 0 Å². The van der Waals surface area contributed by atoms with E-state index in [9.17, 15) is 0 Å². The predicted octanol–water partition coefficient (Wildman–Crippen LogP) is -3.72. The zero-order chi connectivity index (χ0) is 6.69. The second kappa shape index (κ2) is 4.30. The Morgan fingerprint density at radius 2 is 2.30 bits per heavy atom. The first-order valence-corrected chi connectivity index (χ1v) is 3.04. The second-order valence-electron chi connectivity index (χ2n) is 2.11. The maximum absolute atomic E-state index is 5.34. The van der Waals surface area contributed by atoms with Crippen LogP contribution in [0.1, 0.15) is 0 Å². The van der Waals surface area contributed by atoms with Crippen LogP contribution in [-0.2, 0) is 13.6 Å². The van der Waals surface area contributed by atoms with Crippen LogP contribution in [0.4, 0.5) is 0 Å². The van der Waals surface area contributed by atoms with Gasteiger partial charge in [-0.05, 0) is 0 Å². The molecule has 4 heteroatoms. The van der Waals surface area contributed by atoms with Crippen LogP contribution in [0.25, 0.3) is 0 Å². The zero-order valence-corrected chi connectivity index (χ0v) is 6.75. The lowest BCUT2D eigenvalue weighted by molar-refractivity contribution is -0.671. The molecule has 3 nitrogen and oxygen atoms in total. The average molecular weight is 162 g/mol. The van der Waals surface area contributed by atoms with Crippen LogP contribution in [0.5, 0.6) is 0 Å². The highest BCUT2D eigenvalue weighted by Gasteiger charge is 1.95. The Balaban J connectivity index is 0.000000810. The van der Waals surface area contributed by atoms with E-state index in [1.807, 2.05) is 30.3 Å². The Morgan fingerprint density at radius 3 is 2.70 bits per heavy atom. The lowest BCUT2D eigenvalue weighted by atomic mass is 10.6. The minimum atomic E-state index is 0. The molecule has 0 aliphatic heterocycles. The van der Waals surface area contributed by atoms with Gasteiger partial charge in [0.15, 0.2) is 0 Å². The zero-order valence-electron chi connectivity index (χ0n) is 6.00. The van der Waals surface area contributed by atoms with Crippen LogP contribution in [0, 0.1) is 0 Å². The number of aryl methyl sites for hydroxylation is 1. The van der Waals surface area contributed by atoms with Gasteiger partial charge in [0.25, 0.3) is 0 Å².